The molecule has 1 aromatic rings. The van der Waals surface area contributed by atoms with Gasteiger partial charge < -0.3 is 4.74 Å². The minimum atomic E-state index is -0.121. The van der Waals surface area contributed by atoms with Crippen LogP contribution in [0.15, 0.2) is 30.3 Å². The molecule has 2 heteroatoms. The minimum absolute atomic E-state index is 0.121. The maximum Gasteiger partial charge on any atom is 0.0992 e. The standard InChI is InChI=1S/C15H21IO/c1-15(12-16,14-9-3-2-4-10-14)17-11-13-7-5-6-8-13/h2-4,9-10,13H,5-8,11-12H2,1H3. The number of hydrogen-bond donors (Lipinski definition) is 0. The predicted octanol–water partition coefficient (Wildman–Crippen LogP) is 4.54. The van der Waals surface area contributed by atoms with Crippen molar-refractivity contribution in [1.82, 2.24) is 0 Å². The number of ether oxygens (including phenoxy) is 1. The van der Waals surface area contributed by atoms with E-state index in [0.717, 1.165) is 17.0 Å². The number of benzene rings is 1. The highest BCUT2D eigenvalue weighted by Crippen LogP contribution is 2.31. The average molecular weight is 344 g/mol. The maximum atomic E-state index is 6.24. The quantitative estimate of drug-likeness (QED) is 0.563. The largest absolute Gasteiger partial charge is 0.369 e. The molecule has 0 bridgehead atoms. The van der Waals surface area contributed by atoms with Gasteiger partial charge in [0.1, 0.15) is 0 Å². The fourth-order valence-corrected chi connectivity index (χ4v) is 3.13. The summed E-state index contributed by atoms with van der Waals surface area (Å²) in [5.41, 5.74) is 1.18. The van der Waals surface area contributed by atoms with E-state index in [9.17, 15) is 0 Å². The summed E-state index contributed by atoms with van der Waals surface area (Å²) in [6.45, 7) is 3.14. The van der Waals surface area contributed by atoms with E-state index in [1.807, 2.05) is 0 Å². The van der Waals surface area contributed by atoms with Crippen molar-refractivity contribution in [3.05, 3.63) is 35.9 Å². The highest BCUT2D eigenvalue weighted by Gasteiger charge is 2.28. The lowest BCUT2D eigenvalue weighted by Crippen LogP contribution is -2.29. The lowest BCUT2D eigenvalue weighted by atomic mass is 9.98. The molecule has 0 saturated heterocycles. The molecule has 94 valence electrons. The topological polar surface area (TPSA) is 9.23 Å². The predicted molar refractivity (Wildman–Crippen MR) is 80.6 cm³/mol. The fraction of sp³-hybridized carbons (Fsp3) is 0.600. The highest BCUT2D eigenvalue weighted by atomic mass is 127. The Balaban J connectivity index is 1.98. The van der Waals surface area contributed by atoms with Crippen molar-refractivity contribution in [2.75, 3.05) is 11.0 Å². The molecule has 1 nitrogen and oxygen atoms in total. The molecule has 1 fully saturated rings. The van der Waals surface area contributed by atoms with E-state index in [-0.39, 0.29) is 5.60 Å². The summed E-state index contributed by atoms with van der Waals surface area (Å²) < 4.78 is 7.24. The first-order chi connectivity index (χ1) is 8.24. The van der Waals surface area contributed by atoms with Crippen LogP contribution in [-0.2, 0) is 10.3 Å². The Morgan fingerprint density at radius 2 is 1.88 bits per heavy atom. The molecule has 2 rings (SSSR count). The molecule has 1 aromatic carbocycles. The smallest absolute Gasteiger partial charge is 0.0992 e. The van der Waals surface area contributed by atoms with Gasteiger partial charge in [-0.2, -0.15) is 0 Å². The Hall–Kier alpha value is -0.0900. The molecule has 1 unspecified atom stereocenters. The molecule has 0 aliphatic heterocycles. The monoisotopic (exact) mass is 344 g/mol. The van der Waals surface area contributed by atoms with Gasteiger partial charge in [0.2, 0.25) is 0 Å². The van der Waals surface area contributed by atoms with Crippen molar-refractivity contribution in [3.8, 4) is 0 Å². The minimum Gasteiger partial charge on any atom is -0.369 e. The molecule has 0 spiro atoms. The van der Waals surface area contributed by atoms with Gasteiger partial charge in [-0.3, -0.25) is 0 Å². The molecule has 1 atom stereocenters. The molecule has 17 heavy (non-hydrogen) atoms. The summed E-state index contributed by atoms with van der Waals surface area (Å²) in [7, 11) is 0. The summed E-state index contributed by atoms with van der Waals surface area (Å²) in [6.07, 6.45) is 5.48. The lowest BCUT2D eigenvalue weighted by molar-refractivity contribution is -0.0329. The summed E-state index contributed by atoms with van der Waals surface area (Å²) >= 11 is 2.43. The van der Waals surface area contributed by atoms with Crippen molar-refractivity contribution < 1.29 is 4.74 Å². The normalized spacial score (nSPS) is 20.4. The molecule has 0 aromatic heterocycles. The van der Waals surface area contributed by atoms with E-state index >= 15 is 0 Å². The van der Waals surface area contributed by atoms with Crippen LogP contribution in [0.5, 0.6) is 0 Å². The van der Waals surface area contributed by atoms with Crippen LogP contribution in [0.4, 0.5) is 0 Å². The number of alkyl halides is 1. The average Bonchev–Trinajstić information content (AvgIpc) is 2.90. The zero-order chi connectivity index (χ0) is 12.1. The van der Waals surface area contributed by atoms with Gasteiger partial charge in [-0.1, -0.05) is 65.8 Å². The number of halogens is 1. The van der Waals surface area contributed by atoms with Gasteiger partial charge in [0.05, 0.1) is 12.2 Å². The third-order valence-corrected chi connectivity index (χ3v) is 5.21. The zero-order valence-corrected chi connectivity index (χ0v) is 12.7. The van der Waals surface area contributed by atoms with Crippen molar-refractivity contribution in [3.63, 3.8) is 0 Å². The van der Waals surface area contributed by atoms with Crippen molar-refractivity contribution in [2.45, 2.75) is 38.2 Å². The van der Waals surface area contributed by atoms with E-state index < -0.39 is 0 Å². The van der Waals surface area contributed by atoms with Gasteiger partial charge >= 0.3 is 0 Å². The van der Waals surface area contributed by atoms with Crippen LogP contribution in [-0.4, -0.2) is 11.0 Å². The van der Waals surface area contributed by atoms with Crippen LogP contribution >= 0.6 is 22.6 Å². The van der Waals surface area contributed by atoms with Crippen molar-refractivity contribution in [1.29, 1.82) is 0 Å². The van der Waals surface area contributed by atoms with E-state index in [2.05, 4.69) is 59.8 Å². The molecule has 1 aliphatic carbocycles. The van der Waals surface area contributed by atoms with Gasteiger partial charge in [0, 0.05) is 4.43 Å². The first-order valence-corrected chi connectivity index (χ1v) is 8.02. The van der Waals surface area contributed by atoms with Gasteiger partial charge in [-0.05, 0) is 31.2 Å². The van der Waals surface area contributed by atoms with E-state index in [1.54, 1.807) is 0 Å². The summed E-state index contributed by atoms with van der Waals surface area (Å²) in [5.74, 6) is 0.793. The zero-order valence-electron chi connectivity index (χ0n) is 10.5. The summed E-state index contributed by atoms with van der Waals surface area (Å²) in [6, 6.07) is 10.6. The molecular formula is C15H21IO. The molecule has 0 heterocycles. The second-order valence-corrected chi connectivity index (χ2v) is 5.95. The molecular weight excluding hydrogens is 323 g/mol. The van der Waals surface area contributed by atoms with E-state index in [1.165, 1.54) is 31.2 Å². The third-order valence-electron chi connectivity index (χ3n) is 3.75. The Labute approximate surface area is 118 Å². The lowest BCUT2D eigenvalue weighted by Gasteiger charge is -2.30. The van der Waals surface area contributed by atoms with E-state index in [0.29, 0.717) is 0 Å². The second-order valence-electron chi connectivity index (χ2n) is 5.19. The van der Waals surface area contributed by atoms with Crippen LogP contribution < -0.4 is 0 Å². The number of hydrogen-bond acceptors (Lipinski definition) is 1. The van der Waals surface area contributed by atoms with Gasteiger partial charge in [0.25, 0.3) is 0 Å². The van der Waals surface area contributed by atoms with Crippen molar-refractivity contribution >= 4 is 22.6 Å². The van der Waals surface area contributed by atoms with Crippen LogP contribution in [0.1, 0.15) is 38.2 Å². The van der Waals surface area contributed by atoms with Crippen LogP contribution in [0.3, 0.4) is 0 Å². The first kappa shape index (κ1) is 13.3. The maximum absolute atomic E-state index is 6.24. The van der Waals surface area contributed by atoms with Crippen LogP contribution in [0.2, 0.25) is 0 Å². The van der Waals surface area contributed by atoms with E-state index in [4.69, 9.17) is 4.74 Å². The fourth-order valence-electron chi connectivity index (χ4n) is 2.47. The molecule has 0 amide bonds. The Morgan fingerprint density at radius 1 is 1.24 bits per heavy atom. The van der Waals surface area contributed by atoms with Gasteiger partial charge in [0.15, 0.2) is 0 Å². The van der Waals surface area contributed by atoms with Gasteiger partial charge in [-0.15, -0.1) is 0 Å². The Bertz CT molecular complexity index is 332. The Kier molecular flexibility index (Phi) is 4.86. The molecule has 1 aliphatic rings. The third kappa shape index (κ3) is 3.44. The molecule has 0 N–H and O–H groups in total. The Morgan fingerprint density at radius 3 is 2.47 bits per heavy atom. The summed E-state index contributed by atoms with van der Waals surface area (Å²) in [5, 5.41) is 0. The number of rotatable bonds is 5. The van der Waals surface area contributed by atoms with Gasteiger partial charge in [-0.25, -0.2) is 0 Å². The first-order valence-electron chi connectivity index (χ1n) is 6.50. The SMILES string of the molecule is CC(CI)(OCC1CCCC1)c1ccccc1. The molecule has 1 saturated carbocycles. The molecule has 0 radical (unpaired) electrons. The highest BCUT2D eigenvalue weighted by molar-refractivity contribution is 14.1. The van der Waals surface area contributed by atoms with Crippen LogP contribution in [0.25, 0.3) is 0 Å². The van der Waals surface area contributed by atoms with Crippen molar-refractivity contribution in [2.24, 2.45) is 5.92 Å². The second kappa shape index (κ2) is 6.19. The van der Waals surface area contributed by atoms with Crippen LogP contribution in [0, 0.1) is 5.92 Å². The summed E-state index contributed by atoms with van der Waals surface area (Å²) in [4.78, 5) is 0.